The standard InChI is InChI=1S/C24H23N5O4/c1-15-26-22(29-10-9-25-16(29)2)14-23(27-15)33-19-7-5-18(6-8-19)28-24(30)17-11-20(31-3)13-21(12-17)32-4/h5-14H,1-4H3,(H,28,30). The van der Waals surface area contributed by atoms with Crippen molar-refractivity contribution in [3.63, 3.8) is 0 Å². The Morgan fingerprint density at radius 3 is 2.21 bits per heavy atom. The highest BCUT2D eigenvalue weighted by atomic mass is 16.5. The Kier molecular flexibility index (Phi) is 6.21. The Morgan fingerprint density at radius 2 is 1.61 bits per heavy atom. The molecular weight excluding hydrogens is 422 g/mol. The zero-order chi connectivity index (χ0) is 23.4. The molecule has 0 saturated heterocycles. The van der Waals surface area contributed by atoms with Gasteiger partial charge in [-0.3, -0.25) is 9.36 Å². The summed E-state index contributed by atoms with van der Waals surface area (Å²) in [7, 11) is 3.07. The average Bonchev–Trinajstić information content (AvgIpc) is 3.25. The Labute approximate surface area is 191 Å². The Balaban J connectivity index is 1.48. The van der Waals surface area contributed by atoms with E-state index >= 15 is 0 Å². The van der Waals surface area contributed by atoms with Gasteiger partial charge in [-0.15, -0.1) is 0 Å². The van der Waals surface area contributed by atoms with Crippen molar-refractivity contribution in [1.82, 2.24) is 19.5 Å². The summed E-state index contributed by atoms with van der Waals surface area (Å²) in [5, 5.41) is 2.85. The van der Waals surface area contributed by atoms with E-state index in [1.807, 2.05) is 17.7 Å². The average molecular weight is 445 g/mol. The molecule has 0 unspecified atom stereocenters. The van der Waals surface area contributed by atoms with Crippen LogP contribution in [0.2, 0.25) is 0 Å². The molecule has 2 aromatic carbocycles. The largest absolute Gasteiger partial charge is 0.497 e. The van der Waals surface area contributed by atoms with Gasteiger partial charge in [0.1, 0.15) is 34.7 Å². The Hall–Kier alpha value is -4.40. The van der Waals surface area contributed by atoms with E-state index in [1.165, 1.54) is 14.2 Å². The molecule has 4 aromatic rings. The van der Waals surface area contributed by atoms with Gasteiger partial charge in [-0.05, 0) is 50.2 Å². The summed E-state index contributed by atoms with van der Waals surface area (Å²) in [6.45, 7) is 3.70. The van der Waals surface area contributed by atoms with Crippen LogP contribution >= 0.6 is 0 Å². The van der Waals surface area contributed by atoms with Gasteiger partial charge in [-0.25, -0.2) is 9.97 Å². The summed E-state index contributed by atoms with van der Waals surface area (Å²) in [5.74, 6) is 3.83. The summed E-state index contributed by atoms with van der Waals surface area (Å²) in [5.41, 5.74) is 1.04. The number of benzene rings is 2. The van der Waals surface area contributed by atoms with E-state index in [2.05, 4.69) is 20.3 Å². The SMILES string of the molecule is COc1cc(OC)cc(C(=O)Nc2ccc(Oc3cc(-n4ccnc4C)nc(C)n3)cc2)c1. The maximum Gasteiger partial charge on any atom is 0.255 e. The lowest BCUT2D eigenvalue weighted by molar-refractivity contribution is 0.102. The number of anilines is 1. The van der Waals surface area contributed by atoms with Crippen LogP contribution in [-0.2, 0) is 0 Å². The minimum absolute atomic E-state index is 0.285. The maximum absolute atomic E-state index is 12.7. The molecule has 1 amide bonds. The van der Waals surface area contributed by atoms with E-state index in [0.29, 0.717) is 46.0 Å². The van der Waals surface area contributed by atoms with Gasteiger partial charge in [0.15, 0.2) is 0 Å². The molecule has 9 heteroatoms. The topological polar surface area (TPSA) is 100 Å². The first-order chi connectivity index (χ1) is 15.9. The number of aromatic nitrogens is 4. The van der Waals surface area contributed by atoms with Crippen molar-refractivity contribution < 1.29 is 19.0 Å². The second-order valence-electron chi connectivity index (χ2n) is 7.14. The van der Waals surface area contributed by atoms with Gasteiger partial charge in [0, 0.05) is 35.8 Å². The lowest BCUT2D eigenvalue weighted by Gasteiger charge is -2.11. The van der Waals surface area contributed by atoms with Crippen LogP contribution in [0.1, 0.15) is 22.0 Å². The number of nitrogens with zero attached hydrogens (tertiary/aromatic N) is 4. The monoisotopic (exact) mass is 445 g/mol. The summed E-state index contributed by atoms with van der Waals surface area (Å²) in [6.07, 6.45) is 3.54. The normalized spacial score (nSPS) is 10.5. The van der Waals surface area contributed by atoms with Crippen molar-refractivity contribution in [2.24, 2.45) is 0 Å². The fourth-order valence-electron chi connectivity index (χ4n) is 3.19. The van der Waals surface area contributed by atoms with Gasteiger partial charge in [0.2, 0.25) is 5.88 Å². The van der Waals surface area contributed by atoms with Crippen LogP contribution in [0.25, 0.3) is 5.82 Å². The molecule has 0 atom stereocenters. The van der Waals surface area contributed by atoms with Crippen LogP contribution in [0.5, 0.6) is 23.1 Å². The second kappa shape index (κ2) is 9.39. The van der Waals surface area contributed by atoms with Crippen LogP contribution in [0.3, 0.4) is 0 Å². The lowest BCUT2D eigenvalue weighted by Crippen LogP contribution is -2.12. The van der Waals surface area contributed by atoms with Crippen LogP contribution in [0, 0.1) is 13.8 Å². The zero-order valence-corrected chi connectivity index (χ0v) is 18.7. The molecule has 4 rings (SSSR count). The number of rotatable bonds is 7. The number of imidazole rings is 1. The number of methoxy groups -OCH3 is 2. The third-order valence-corrected chi connectivity index (χ3v) is 4.82. The van der Waals surface area contributed by atoms with Crippen molar-refractivity contribution in [1.29, 1.82) is 0 Å². The smallest absolute Gasteiger partial charge is 0.255 e. The predicted molar refractivity (Wildman–Crippen MR) is 123 cm³/mol. The predicted octanol–water partition coefficient (Wildman–Crippen LogP) is 4.34. The number of amides is 1. The molecule has 33 heavy (non-hydrogen) atoms. The first-order valence-electron chi connectivity index (χ1n) is 10.1. The molecule has 0 fully saturated rings. The Morgan fingerprint density at radius 1 is 0.909 bits per heavy atom. The number of carbonyl (C=O) groups is 1. The molecule has 2 heterocycles. The van der Waals surface area contributed by atoms with Crippen LogP contribution < -0.4 is 19.5 Å². The minimum Gasteiger partial charge on any atom is -0.497 e. The first-order valence-corrected chi connectivity index (χ1v) is 10.1. The lowest BCUT2D eigenvalue weighted by atomic mass is 10.1. The van der Waals surface area contributed by atoms with E-state index in [0.717, 1.165) is 5.82 Å². The molecule has 0 aliphatic carbocycles. The van der Waals surface area contributed by atoms with Crippen molar-refractivity contribution >= 4 is 11.6 Å². The van der Waals surface area contributed by atoms with Gasteiger partial charge in [-0.1, -0.05) is 0 Å². The second-order valence-corrected chi connectivity index (χ2v) is 7.14. The molecule has 0 saturated carbocycles. The van der Waals surface area contributed by atoms with Crippen molar-refractivity contribution in [3.05, 3.63) is 78.1 Å². The molecule has 0 aliphatic heterocycles. The highest BCUT2D eigenvalue weighted by Gasteiger charge is 2.11. The van der Waals surface area contributed by atoms with E-state index in [9.17, 15) is 4.79 Å². The number of nitrogens with one attached hydrogen (secondary N) is 1. The molecule has 9 nitrogen and oxygen atoms in total. The molecule has 1 N–H and O–H groups in total. The van der Waals surface area contributed by atoms with E-state index in [4.69, 9.17) is 14.2 Å². The zero-order valence-electron chi connectivity index (χ0n) is 18.7. The Bertz CT molecular complexity index is 1260. The quantitative estimate of drug-likeness (QED) is 0.452. The summed E-state index contributed by atoms with van der Waals surface area (Å²) in [6, 6.07) is 13.7. The summed E-state index contributed by atoms with van der Waals surface area (Å²) in [4.78, 5) is 25.7. The van der Waals surface area contributed by atoms with Crippen molar-refractivity contribution in [2.75, 3.05) is 19.5 Å². The van der Waals surface area contributed by atoms with Crippen LogP contribution in [-0.4, -0.2) is 39.6 Å². The highest BCUT2D eigenvalue weighted by molar-refractivity contribution is 6.04. The fourth-order valence-corrected chi connectivity index (χ4v) is 3.19. The third kappa shape index (κ3) is 5.09. The maximum atomic E-state index is 12.7. The summed E-state index contributed by atoms with van der Waals surface area (Å²) >= 11 is 0. The number of ether oxygens (including phenoxy) is 3. The van der Waals surface area contributed by atoms with E-state index < -0.39 is 0 Å². The number of carbonyl (C=O) groups excluding carboxylic acids is 1. The fraction of sp³-hybridized carbons (Fsp3) is 0.167. The molecule has 0 radical (unpaired) electrons. The third-order valence-electron chi connectivity index (χ3n) is 4.82. The van der Waals surface area contributed by atoms with E-state index in [1.54, 1.807) is 61.7 Å². The van der Waals surface area contributed by atoms with Crippen molar-refractivity contribution in [2.45, 2.75) is 13.8 Å². The van der Waals surface area contributed by atoms with Gasteiger partial charge < -0.3 is 19.5 Å². The molecule has 0 bridgehead atoms. The van der Waals surface area contributed by atoms with Gasteiger partial charge in [0.25, 0.3) is 5.91 Å². The van der Waals surface area contributed by atoms with Gasteiger partial charge in [-0.2, -0.15) is 4.98 Å². The molecule has 0 aliphatic rings. The minimum atomic E-state index is -0.285. The number of aryl methyl sites for hydroxylation is 2. The number of hydrogen-bond acceptors (Lipinski definition) is 7. The summed E-state index contributed by atoms with van der Waals surface area (Å²) < 4.78 is 18.2. The van der Waals surface area contributed by atoms with E-state index in [-0.39, 0.29) is 5.91 Å². The molecule has 0 spiro atoms. The van der Waals surface area contributed by atoms with Gasteiger partial charge in [0.05, 0.1) is 14.2 Å². The van der Waals surface area contributed by atoms with Crippen LogP contribution in [0.4, 0.5) is 5.69 Å². The highest BCUT2D eigenvalue weighted by Crippen LogP contribution is 2.25. The molecule has 2 aromatic heterocycles. The first kappa shape index (κ1) is 21.8. The molecule has 168 valence electrons. The molecular formula is C24H23N5O4. The van der Waals surface area contributed by atoms with Crippen LogP contribution in [0.15, 0.2) is 60.9 Å². The van der Waals surface area contributed by atoms with Crippen molar-refractivity contribution in [3.8, 4) is 28.9 Å². The van der Waals surface area contributed by atoms with Gasteiger partial charge >= 0.3 is 0 Å². The number of hydrogen-bond donors (Lipinski definition) is 1.